The molecule has 1 amide bonds. The van der Waals surface area contributed by atoms with Crippen LogP contribution in [0.5, 0.6) is 0 Å². The molecule has 3 rings (SSSR count). The minimum atomic E-state index is -0.229. The quantitative estimate of drug-likeness (QED) is 0.845. The van der Waals surface area contributed by atoms with E-state index in [1.807, 2.05) is 37.3 Å². The van der Waals surface area contributed by atoms with Gasteiger partial charge in [-0.15, -0.1) is 0 Å². The third kappa shape index (κ3) is 4.43. The van der Waals surface area contributed by atoms with Crippen molar-refractivity contribution >= 4 is 5.91 Å². The number of carbonyl (C=O) groups is 1. The first-order valence-electron chi connectivity index (χ1n) is 8.20. The first-order chi connectivity index (χ1) is 11.7. The molecule has 2 atom stereocenters. The van der Waals surface area contributed by atoms with Crippen molar-refractivity contribution in [2.45, 2.75) is 26.1 Å². The van der Waals surface area contributed by atoms with E-state index in [0.29, 0.717) is 24.8 Å². The Hall–Kier alpha value is -2.18. The molecular weight excluding hydrogens is 308 g/mol. The molecule has 2 aromatic rings. The Morgan fingerprint density at radius 2 is 2.25 bits per heavy atom. The van der Waals surface area contributed by atoms with Crippen molar-refractivity contribution in [2.75, 3.05) is 19.8 Å². The molecule has 1 aromatic carbocycles. The lowest BCUT2D eigenvalue weighted by Gasteiger charge is -2.11. The number of rotatable bonds is 7. The highest BCUT2D eigenvalue weighted by Gasteiger charge is 2.18. The minimum Gasteiger partial charge on any atom is -0.381 e. The summed E-state index contributed by atoms with van der Waals surface area (Å²) < 4.78 is 16.2. The number of amides is 1. The fraction of sp³-hybridized carbons (Fsp3) is 0.444. The van der Waals surface area contributed by atoms with Crippen molar-refractivity contribution in [3.05, 3.63) is 53.4 Å². The fourth-order valence-electron chi connectivity index (χ4n) is 2.59. The lowest BCUT2D eigenvalue weighted by molar-refractivity contribution is 0.0390. The highest BCUT2D eigenvalue weighted by molar-refractivity contribution is 5.92. The van der Waals surface area contributed by atoms with Crippen LogP contribution in [0.15, 0.2) is 40.9 Å². The van der Waals surface area contributed by atoms with Crippen LogP contribution in [0.4, 0.5) is 0 Å². The van der Waals surface area contributed by atoms with Crippen molar-refractivity contribution in [1.29, 1.82) is 0 Å². The number of hydrogen-bond donors (Lipinski definition) is 1. The summed E-state index contributed by atoms with van der Waals surface area (Å²) in [7, 11) is 0. The zero-order chi connectivity index (χ0) is 16.8. The summed E-state index contributed by atoms with van der Waals surface area (Å²) in [5, 5.41) is 6.68. The average Bonchev–Trinajstić information content (AvgIpc) is 3.30. The Labute approximate surface area is 141 Å². The van der Waals surface area contributed by atoms with Gasteiger partial charge in [-0.25, -0.2) is 0 Å². The van der Waals surface area contributed by atoms with E-state index in [9.17, 15) is 4.79 Å². The van der Waals surface area contributed by atoms with Gasteiger partial charge in [-0.05, 0) is 18.9 Å². The van der Waals surface area contributed by atoms with Crippen LogP contribution in [-0.4, -0.2) is 30.8 Å². The highest BCUT2D eigenvalue weighted by atomic mass is 16.5. The SMILES string of the molecule is CC(OCc1cc(C(=O)NCC2CCOC2)no1)c1ccccc1. The second-order valence-electron chi connectivity index (χ2n) is 5.98. The molecule has 1 saturated heterocycles. The molecule has 6 nitrogen and oxygen atoms in total. The molecule has 6 heteroatoms. The Bertz CT molecular complexity index is 650. The predicted molar refractivity (Wildman–Crippen MR) is 87.4 cm³/mol. The molecule has 24 heavy (non-hydrogen) atoms. The Morgan fingerprint density at radius 3 is 3.00 bits per heavy atom. The number of benzene rings is 1. The molecule has 1 fully saturated rings. The van der Waals surface area contributed by atoms with Gasteiger partial charge in [0, 0.05) is 25.1 Å². The third-order valence-corrected chi connectivity index (χ3v) is 4.11. The Balaban J connectivity index is 1.47. The second-order valence-corrected chi connectivity index (χ2v) is 5.98. The minimum absolute atomic E-state index is 0.0593. The van der Waals surface area contributed by atoms with Crippen LogP contribution >= 0.6 is 0 Å². The van der Waals surface area contributed by atoms with Gasteiger partial charge >= 0.3 is 0 Å². The molecule has 0 aliphatic carbocycles. The van der Waals surface area contributed by atoms with Crippen molar-refractivity contribution in [3.8, 4) is 0 Å². The van der Waals surface area contributed by atoms with Crippen LogP contribution in [-0.2, 0) is 16.1 Å². The summed E-state index contributed by atoms with van der Waals surface area (Å²) >= 11 is 0. The van der Waals surface area contributed by atoms with Crippen LogP contribution in [0.3, 0.4) is 0 Å². The lowest BCUT2D eigenvalue weighted by atomic mass is 10.1. The van der Waals surface area contributed by atoms with E-state index in [1.165, 1.54) is 0 Å². The van der Waals surface area contributed by atoms with Crippen molar-refractivity contribution in [1.82, 2.24) is 10.5 Å². The average molecular weight is 330 g/mol. The normalized spacial score (nSPS) is 18.5. The van der Waals surface area contributed by atoms with Crippen LogP contribution in [0.2, 0.25) is 0 Å². The van der Waals surface area contributed by atoms with Gasteiger partial charge < -0.3 is 19.3 Å². The van der Waals surface area contributed by atoms with Gasteiger partial charge in [0.2, 0.25) is 0 Å². The molecule has 0 spiro atoms. The number of nitrogens with one attached hydrogen (secondary N) is 1. The molecule has 2 heterocycles. The molecule has 1 N–H and O–H groups in total. The van der Waals surface area contributed by atoms with Gasteiger partial charge in [0.15, 0.2) is 11.5 Å². The second kappa shape index (κ2) is 8.08. The summed E-state index contributed by atoms with van der Waals surface area (Å²) in [4.78, 5) is 12.1. The number of ether oxygens (including phenoxy) is 2. The van der Waals surface area contributed by atoms with Gasteiger partial charge in [-0.3, -0.25) is 4.79 Å². The molecule has 2 unspecified atom stereocenters. The van der Waals surface area contributed by atoms with Gasteiger partial charge in [-0.2, -0.15) is 0 Å². The van der Waals surface area contributed by atoms with E-state index >= 15 is 0 Å². The summed E-state index contributed by atoms with van der Waals surface area (Å²) in [6.45, 7) is 4.32. The Morgan fingerprint density at radius 1 is 1.42 bits per heavy atom. The smallest absolute Gasteiger partial charge is 0.273 e. The molecular formula is C18H22N2O4. The first-order valence-corrected chi connectivity index (χ1v) is 8.20. The van der Waals surface area contributed by atoms with Crippen molar-refractivity contribution < 1.29 is 18.8 Å². The highest BCUT2D eigenvalue weighted by Crippen LogP contribution is 2.18. The molecule has 1 aliphatic heterocycles. The third-order valence-electron chi connectivity index (χ3n) is 4.11. The largest absolute Gasteiger partial charge is 0.381 e. The molecule has 128 valence electrons. The Kier molecular flexibility index (Phi) is 5.61. The number of hydrogen-bond acceptors (Lipinski definition) is 5. The van der Waals surface area contributed by atoms with Gasteiger partial charge in [0.25, 0.3) is 5.91 Å². The molecule has 0 saturated carbocycles. The van der Waals surface area contributed by atoms with E-state index in [2.05, 4.69) is 10.5 Å². The van der Waals surface area contributed by atoms with E-state index in [1.54, 1.807) is 6.07 Å². The van der Waals surface area contributed by atoms with Gasteiger partial charge in [0.1, 0.15) is 6.61 Å². The van der Waals surface area contributed by atoms with E-state index in [-0.39, 0.29) is 24.3 Å². The maximum atomic E-state index is 12.1. The topological polar surface area (TPSA) is 73.6 Å². The van der Waals surface area contributed by atoms with Crippen LogP contribution < -0.4 is 5.32 Å². The fourth-order valence-corrected chi connectivity index (χ4v) is 2.59. The molecule has 1 aromatic heterocycles. The van der Waals surface area contributed by atoms with Crippen LogP contribution in [0, 0.1) is 5.92 Å². The number of carbonyl (C=O) groups excluding carboxylic acids is 1. The lowest BCUT2D eigenvalue weighted by Crippen LogP contribution is -2.29. The van der Waals surface area contributed by atoms with Gasteiger partial charge in [-0.1, -0.05) is 35.5 Å². The van der Waals surface area contributed by atoms with Crippen LogP contribution in [0.1, 0.15) is 41.3 Å². The van der Waals surface area contributed by atoms with Crippen molar-refractivity contribution in [3.63, 3.8) is 0 Å². The van der Waals surface area contributed by atoms with E-state index < -0.39 is 0 Å². The van der Waals surface area contributed by atoms with E-state index in [4.69, 9.17) is 14.0 Å². The number of aromatic nitrogens is 1. The van der Waals surface area contributed by atoms with E-state index in [0.717, 1.165) is 18.6 Å². The van der Waals surface area contributed by atoms with Crippen molar-refractivity contribution in [2.24, 2.45) is 5.92 Å². The molecule has 1 aliphatic rings. The summed E-state index contributed by atoms with van der Waals surface area (Å²) in [5.41, 5.74) is 1.37. The monoisotopic (exact) mass is 330 g/mol. The summed E-state index contributed by atoms with van der Waals surface area (Å²) in [6, 6.07) is 11.6. The summed E-state index contributed by atoms with van der Waals surface area (Å²) in [6.07, 6.45) is 0.922. The maximum Gasteiger partial charge on any atom is 0.273 e. The molecule has 0 bridgehead atoms. The zero-order valence-electron chi connectivity index (χ0n) is 13.7. The van der Waals surface area contributed by atoms with Crippen LogP contribution in [0.25, 0.3) is 0 Å². The molecule has 0 radical (unpaired) electrons. The van der Waals surface area contributed by atoms with Gasteiger partial charge in [0.05, 0.1) is 12.7 Å². The predicted octanol–water partition coefficient (Wildman–Crippen LogP) is 2.72. The maximum absolute atomic E-state index is 12.1. The standard InChI is InChI=1S/C18H22N2O4/c1-13(15-5-3-2-4-6-15)23-12-16-9-17(20-24-16)18(21)19-10-14-7-8-22-11-14/h2-6,9,13-14H,7-8,10-12H2,1H3,(H,19,21). The zero-order valence-corrected chi connectivity index (χ0v) is 13.7. The first kappa shape index (κ1) is 16.7. The number of nitrogens with zero attached hydrogens (tertiary/aromatic N) is 1. The summed E-state index contributed by atoms with van der Waals surface area (Å²) in [5.74, 6) is 0.690.